The van der Waals surface area contributed by atoms with Gasteiger partial charge in [-0.05, 0) is 30.7 Å². The smallest absolute Gasteiger partial charge is 0.345 e. The van der Waals surface area contributed by atoms with Crippen LogP contribution < -0.4 is 5.63 Å². The van der Waals surface area contributed by atoms with Crippen LogP contribution in [0.2, 0.25) is 0 Å². The first-order valence-electron chi connectivity index (χ1n) is 5.04. The van der Waals surface area contributed by atoms with Crippen molar-refractivity contribution in [3.8, 4) is 0 Å². The van der Waals surface area contributed by atoms with Crippen LogP contribution in [0.25, 0.3) is 21.9 Å². The average Bonchev–Trinajstić information content (AvgIpc) is 2.29. The maximum atomic E-state index is 11.7. The summed E-state index contributed by atoms with van der Waals surface area (Å²) in [6, 6.07) is 9.12. The van der Waals surface area contributed by atoms with Crippen molar-refractivity contribution in [2.45, 2.75) is 6.92 Å². The Balaban J connectivity index is 2.72. The third kappa shape index (κ3) is 1.15. The van der Waals surface area contributed by atoms with Gasteiger partial charge in [-0.15, -0.1) is 0 Å². The Bertz CT molecular complexity index is 744. The minimum absolute atomic E-state index is 0.332. The van der Waals surface area contributed by atoms with Gasteiger partial charge in [-0.3, -0.25) is 4.98 Å². The van der Waals surface area contributed by atoms with Crippen molar-refractivity contribution >= 4 is 21.9 Å². The Hall–Kier alpha value is -2.16. The molecular weight excluding hydrogens is 202 g/mol. The predicted octanol–water partition coefficient (Wildman–Crippen LogP) is 2.65. The Morgan fingerprint density at radius 3 is 2.94 bits per heavy atom. The summed E-state index contributed by atoms with van der Waals surface area (Å²) >= 11 is 0. The van der Waals surface area contributed by atoms with Crippen molar-refractivity contribution in [1.29, 1.82) is 0 Å². The minimum atomic E-state index is -0.332. The normalized spacial score (nSPS) is 11.1. The van der Waals surface area contributed by atoms with Gasteiger partial charge in [-0.2, -0.15) is 0 Å². The van der Waals surface area contributed by atoms with Gasteiger partial charge >= 0.3 is 5.63 Å². The van der Waals surface area contributed by atoms with Crippen molar-refractivity contribution in [2.75, 3.05) is 0 Å². The van der Waals surface area contributed by atoms with Crippen molar-refractivity contribution in [3.63, 3.8) is 0 Å². The van der Waals surface area contributed by atoms with Gasteiger partial charge in [-0.25, -0.2) is 4.79 Å². The first kappa shape index (κ1) is 9.09. The van der Waals surface area contributed by atoms with E-state index in [2.05, 4.69) is 4.98 Å². The molecule has 78 valence electrons. The van der Waals surface area contributed by atoms with E-state index in [9.17, 15) is 4.79 Å². The van der Waals surface area contributed by atoms with E-state index in [4.69, 9.17) is 4.42 Å². The predicted molar refractivity (Wildman–Crippen MR) is 62.5 cm³/mol. The molecule has 3 rings (SSSR count). The van der Waals surface area contributed by atoms with E-state index in [1.165, 1.54) is 0 Å². The van der Waals surface area contributed by atoms with Gasteiger partial charge in [0.1, 0.15) is 5.58 Å². The largest absolute Gasteiger partial charge is 0.422 e. The number of hydrogen-bond donors (Lipinski definition) is 0. The fourth-order valence-electron chi connectivity index (χ4n) is 1.95. The van der Waals surface area contributed by atoms with Crippen LogP contribution in [0.4, 0.5) is 0 Å². The number of rotatable bonds is 0. The standard InChI is InChI=1S/C13H9NO2/c1-8-4-2-6-10-11(8)12-9(13(15)16-10)5-3-7-14-12/h2-7H,1H3. The molecule has 0 aliphatic heterocycles. The molecule has 0 saturated carbocycles. The summed E-state index contributed by atoms with van der Waals surface area (Å²) in [7, 11) is 0. The van der Waals surface area contributed by atoms with E-state index < -0.39 is 0 Å². The molecule has 0 saturated heterocycles. The number of pyridine rings is 1. The van der Waals surface area contributed by atoms with Crippen LogP contribution >= 0.6 is 0 Å². The average molecular weight is 211 g/mol. The van der Waals surface area contributed by atoms with E-state index >= 15 is 0 Å². The zero-order chi connectivity index (χ0) is 11.1. The summed E-state index contributed by atoms with van der Waals surface area (Å²) in [4.78, 5) is 16.0. The molecule has 16 heavy (non-hydrogen) atoms. The molecule has 0 fully saturated rings. The van der Waals surface area contributed by atoms with Gasteiger partial charge in [0.25, 0.3) is 0 Å². The fourth-order valence-corrected chi connectivity index (χ4v) is 1.95. The van der Waals surface area contributed by atoms with E-state index in [1.807, 2.05) is 19.1 Å². The van der Waals surface area contributed by atoms with Gasteiger partial charge in [0.2, 0.25) is 0 Å². The first-order valence-corrected chi connectivity index (χ1v) is 5.04. The van der Waals surface area contributed by atoms with Crippen molar-refractivity contribution in [1.82, 2.24) is 4.98 Å². The highest BCUT2D eigenvalue weighted by Gasteiger charge is 2.08. The van der Waals surface area contributed by atoms with Crippen molar-refractivity contribution in [3.05, 3.63) is 52.5 Å². The van der Waals surface area contributed by atoms with Gasteiger partial charge < -0.3 is 4.42 Å². The number of hydrogen-bond acceptors (Lipinski definition) is 3. The molecule has 0 amide bonds. The van der Waals surface area contributed by atoms with Crippen LogP contribution in [0.1, 0.15) is 5.56 Å². The monoisotopic (exact) mass is 211 g/mol. The molecule has 1 aromatic carbocycles. The molecule has 0 radical (unpaired) electrons. The highest BCUT2D eigenvalue weighted by atomic mass is 16.4. The minimum Gasteiger partial charge on any atom is -0.422 e. The molecule has 0 spiro atoms. The summed E-state index contributed by atoms with van der Waals surface area (Å²) in [5.41, 5.74) is 2.04. The fraction of sp³-hybridized carbons (Fsp3) is 0.0769. The van der Waals surface area contributed by atoms with Crippen LogP contribution in [0.3, 0.4) is 0 Å². The number of aromatic nitrogens is 1. The molecule has 0 unspecified atom stereocenters. The molecule has 0 aliphatic carbocycles. The number of aryl methyl sites for hydroxylation is 1. The van der Waals surface area contributed by atoms with Crippen LogP contribution in [0.5, 0.6) is 0 Å². The van der Waals surface area contributed by atoms with Crippen molar-refractivity contribution in [2.24, 2.45) is 0 Å². The maximum Gasteiger partial charge on any atom is 0.345 e. The van der Waals surface area contributed by atoms with E-state index in [-0.39, 0.29) is 5.63 Å². The summed E-state index contributed by atoms with van der Waals surface area (Å²) < 4.78 is 5.26. The van der Waals surface area contributed by atoms with E-state index in [1.54, 1.807) is 24.4 Å². The second kappa shape index (κ2) is 3.17. The molecule has 3 aromatic rings. The lowest BCUT2D eigenvalue weighted by Gasteiger charge is -2.03. The van der Waals surface area contributed by atoms with Gasteiger partial charge in [-0.1, -0.05) is 12.1 Å². The molecular formula is C13H9NO2. The summed E-state index contributed by atoms with van der Waals surface area (Å²) in [5, 5.41) is 1.45. The van der Waals surface area contributed by atoms with Crippen LogP contribution in [-0.4, -0.2) is 4.98 Å². The molecule has 0 atom stereocenters. The Morgan fingerprint density at radius 1 is 1.19 bits per heavy atom. The topological polar surface area (TPSA) is 43.1 Å². The Morgan fingerprint density at radius 2 is 2.06 bits per heavy atom. The molecule has 0 aliphatic rings. The third-order valence-electron chi connectivity index (χ3n) is 2.70. The van der Waals surface area contributed by atoms with Crippen LogP contribution in [0, 0.1) is 6.92 Å². The quantitative estimate of drug-likeness (QED) is 0.424. The molecule has 2 heterocycles. The molecule has 2 aromatic heterocycles. The number of fused-ring (bicyclic) bond motifs is 3. The molecule has 3 nitrogen and oxygen atoms in total. The van der Waals surface area contributed by atoms with Crippen molar-refractivity contribution < 1.29 is 4.42 Å². The lowest BCUT2D eigenvalue weighted by atomic mass is 10.1. The van der Waals surface area contributed by atoms with Gasteiger partial charge in [0, 0.05) is 11.6 Å². The van der Waals surface area contributed by atoms with Crippen LogP contribution in [-0.2, 0) is 0 Å². The lowest BCUT2D eigenvalue weighted by Crippen LogP contribution is -2.01. The van der Waals surface area contributed by atoms with Crippen LogP contribution in [0.15, 0.2) is 45.7 Å². The maximum absolute atomic E-state index is 11.7. The lowest BCUT2D eigenvalue weighted by molar-refractivity contribution is 0.569. The first-order chi connectivity index (χ1) is 7.77. The Labute approximate surface area is 91.3 Å². The molecule has 3 heteroatoms. The van der Waals surface area contributed by atoms with Gasteiger partial charge in [0.05, 0.1) is 10.9 Å². The number of nitrogens with zero attached hydrogens (tertiary/aromatic N) is 1. The SMILES string of the molecule is Cc1cccc2oc(=O)c3cccnc3c12. The highest BCUT2D eigenvalue weighted by molar-refractivity contribution is 6.03. The summed E-state index contributed by atoms with van der Waals surface area (Å²) in [6.07, 6.45) is 1.69. The second-order valence-corrected chi connectivity index (χ2v) is 3.74. The molecule has 0 bridgehead atoms. The third-order valence-corrected chi connectivity index (χ3v) is 2.70. The summed E-state index contributed by atoms with van der Waals surface area (Å²) in [6.45, 7) is 1.98. The zero-order valence-electron chi connectivity index (χ0n) is 8.73. The highest BCUT2D eigenvalue weighted by Crippen LogP contribution is 2.23. The second-order valence-electron chi connectivity index (χ2n) is 3.74. The summed E-state index contributed by atoms with van der Waals surface area (Å²) in [5.74, 6) is 0. The zero-order valence-corrected chi connectivity index (χ0v) is 8.73. The Kier molecular flexibility index (Phi) is 1.80. The number of benzene rings is 1. The van der Waals surface area contributed by atoms with Gasteiger partial charge in [0.15, 0.2) is 0 Å². The van der Waals surface area contributed by atoms with E-state index in [0.29, 0.717) is 16.5 Å². The molecule has 0 N–H and O–H groups in total. The van der Waals surface area contributed by atoms with E-state index in [0.717, 1.165) is 10.9 Å².